The van der Waals surface area contributed by atoms with Gasteiger partial charge in [0.05, 0.1) is 12.8 Å². The van der Waals surface area contributed by atoms with Crippen LogP contribution in [0.15, 0.2) is 54.9 Å². The van der Waals surface area contributed by atoms with Gasteiger partial charge in [0, 0.05) is 11.8 Å². The van der Waals surface area contributed by atoms with Crippen LogP contribution in [-0.2, 0) is 0 Å². The van der Waals surface area contributed by atoms with Gasteiger partial charge in [0.2, 0.25) is 5.95 Å². The molecule has 0 unspecified atom stereocenters. The largest absolute Gasteiger partial charge is 0.508 e. The second-order valence-electron chi connectivity index (χ2n) is 5.94. The third-order valence-electron chi connectivity index (χ3n) is 4.10. The molecule has 0 saturated carbocycles. The SMILES string of the molecule is COc1ccccc1-n1cnc2c(C(=N)N)nc(Nc3cccc(O)c3)nc21. The molecule has 4 rings (SSSR count). The van der Waals surface area contributed by atoms with Crippen molar-refractivity contribution in [1.82, 2.24) is 19.5 Å². The number of imidazole rings is 1. The number of phenolic OH excluding ortho intramolecular Hbond substituents is 1. The Labute approximate surface area is 160 Å². The molecular weight excluding hydrogens is 358 g/mol. The minimum absolute atomic E-state index is 0.108. The van der Waals surface area contributed by atoms with E-state index in [0.29, 0.717) is 22.6 Å². The van der Waals surface area contributed by atoms with E-state index in [1.807, 2.05) is 24.3 Å². The fourth-order valence-electron chi connectivity index (χ4n) is 2.86. The summed E-state index contributed by atoms with van der Waals surface area (Å²) in [6.07, 6.45) is 1.59. The summed E-state index contributed by atoms with van der Waals surface area (Å²) in [6.45, 7) is 0. The molecule has 2 heterocycles. The van der Waals surface area contributed by atoms with Gasteiger partial charge in [-0.1, -0.05) is 18.2 Å². The van der Waals surface area contributed by atoms with Crippen molar-refractivity contribution >= 4 is 28.6 Å². The van der Waals surface area contributed by atoms with Crippen molar-refractivity contribution in [2.24, 2.45) is 5.73 Å². The summed E-state index contributed by atoms with van der Waals surface area (Å²) in [4.78, 5) is 13.2. The first-order valence-electron chi connectivity index (χ1n) is 8.36. The molecule has 2 aromatic heterocycles. The summed E-state index contributed by atoms with van der Waals surface area (Å²) in [6, 6.07) is 14.0. The number of hydrogen-bond acceptors (Lipinski definition) is 7. The summed E-state index contributed by atoms with van der Waals surface area (Å²) in [5.74, 6) is 0.751. The molecule has 0 aliphatic heterocycles. The number of nitrogens with zero attached hydrogens (tertiary/aromatic N) is 4. The Balaban J connectivity index is 1.90. The van der Waals surface area contributed by atoms with Crippen molar-refractivity contribution in [2.45, 2.75) is 0 Å². The predicted molar refractivity (Wildman–Crippen MR) is 106 cm³/mol. The monoisotopic (exact) mass is 375 g/mol. The van der Waals surface area contributed by atoms with Crippen LogP contribution in [0.25, 0.3) is 16.9 Å². The lowest BCUT2D eigenvalue weighted by atomic mass is 10.3. The Morgan fingerprint density at radius 2 is 2.00 bits per heavy atom. The average Bonchev–Trinajstić information content (AvgIpc) is 3.11. The number of para-hydroxylation sites is 2. The molecule has 140 valence electrons. The molecule has 28 heavy (non-hydrogen) atoms. The van der Waals surface area contributed by atoms with E-state index < -0.39 is 0 Å². The number of hydrogen-bond donors (Lipinski definition) is 4. The van der Waals surface area contributed by atoms with Crippen molar-refractivity contribution in [1.29, 1.82) is 5.41 Å². The Bertz CT molecular complexity index is 1190. The number of nitrogens with two attached hydrogens (primary N) is 1. The van der Waals surface area contributed by atoms with Crippen molar-refractivity contribution in [2.75, 3.05) is 12.4 Å². The van der Waals surface area contributed by atoms with E-state index >= 15 is 0 Å². The van der Waals surface area contributed by atoms with Crippen LogP contribution in [0.5, 0.6) is 11.5 Å². The van der Waals surface area contributed by atoms with Crippen molar-refractivity contribution in [3.8, 4) is 17.2 Å². The highest BCUT2D eigenvalue weighted by Crippen LogP contribution is 2.27. The minimum atomic E-state index is -0.225. The number of amidine groups is 1. The molecule has 0 saturated heterocycles. The highest BCUT2D eigenvalue weighted by Gasteiger charge is 2.18. The van der Waals surface area contributed by atoms with Gasteiger partial charge in [0.25, 0.3) is 0 Å². The normalized spacial score (nSPS) is 10.8. The molecule has 2 aromatic carbocycles. The number of fused-ring (bicyclic) bond motifs is 1. The zero-order chi connectivity index (χ0) is 19.7. The number of rotatable bonds is 5. The van der Waals surface area contributed by atoms with E-state index in [0.717, 1.165) is 5.69 Å². The van der Waals surface area contributed by atoms with Gasteiger partial charge in [-0.15, -0.1) is 0 Å². The first-order chi connectivity index (χ1) is 13.6. The first kappa shape index (κ1) is 17.3. The molecule has 0 aliphatic rings. The van der Waals surface area contributed by atoms with E-state index in [9.17, 15) is 5.11 Å². The number of aromatic hydroxyl groups is 1. The molecule has 0 bridgehead atoms. The maximum Gasteiger partial charge on any atom is 0.230 e. The summed E-state index contributed by atoms with van der Waals surface area (Å²) < 4.78 is 7.18. The lowest BCUT2D eigenvalue weighted by Crippen LogP contribution is -2.16. The van der Waals surface area contributed by atoms with Gasteiger partial charge in [-0.05, 0) is 24.3 Å². The van der Waals surface area contributed by atoms with Crippen LogP contribution in [0.4, 0.5) is 11.6 Å². The maximum atomic E-state index is 9.66. The summed E-state index contributed by atoms with van der Waals surface area (Å²) in [5.41, 5.74) is 8.13. The number of methoxy groups -OCH3 is 1. The molecule has 0 atom stereocenters. The summed E-state index contributed by atoms with van der Waals surface area (Å²) in [5, 5.41) is 20.5. The Kier molecular flexibility index (Phi) is 4.24. The smallest absolute Gasteiger partial charge is 0.230 e. The second-order valence-corrected chi connectivity index (χ2v) is 5.94. The highest BCUT2D eigenvalue weighted by molar-refractivity contribution is 6.03. The van der Waals surface area contributed by atoms with E-state index in [1.165, 1.54) is 0 Å². The lowest BCUT2D eigenvalue weighted by Gasteiger charge is -2.11. The quantitative estimate of drug-likeness (QED) is 0.311. The maximum absolute atomic E-state index is 9.66. The number of anilines is 2. The molecule has 9 heteroatoms. The first-order valence-corrected chi connectivity index (χ1v) is 8.36. The van der Waals surface area contributed by atoms with Crippen LogP contribution < -0.4 is 15.8 Å². The second kappa shape index (κ2) is 6.88. The van der Waals surface area contributed by atoms with Crippen LogP contribution in [0.3, 0.4) is 0 Å². The van der Waals surface area contributed by atoms with Crippen LogP contribution in [-0.4, -0.2) is 37.6 Å². The van der Waals surface area contributed by atoms with Gasteiger partial charge in [-0.25, -0.2) is 9.97 Å². The van der Waals surface area contributed by atoms with Gasteiger partial charge >= 0.3 is 0 Å². The van der Waals surface area contributed by atoms with Crippen LogP contribution >= 0.6 is 0 Å². The molecule has 0 aliphatic carbocycles. The summed E-state index contributed by atoms with van der Waals surface area (Å²) >= 11 is 0. The lowest BCUT2D eigenvalue weighted by molar-refractivity contribution is 0.413. The highest BCUT2D eigenvalue weighted by atomic mass is 16.5. The van der Waals surface area contributed by atoms with Crippen molar-refractivity contribution in [3.05, 3.63) is 60.6 Å². The third-order valence-corrected chi connectivity index (χ3v) is 4.10. The number of aromatic nitrogens is 4. The van der Waals surface area contributed by atoms with E-state index in [1.54, 1.807) is 42.3 Å². The van der Waals surface area contributed by atoms with Gasteiger partial charge in [0.1, 0.15) is 34.9 Å². The fourth-order valence-corrected chi connectivity index (χ4v) is 2.86. The molecule has 0 spiro atoms. The molecule has 9 nitrogen and oxygen atoms in total. The van der Waals surface area contributed by atoms with Crippen molar-refractivity contribution < 1.29 is 9.84 Å². The molecule has 0 fully saturated rings. The Morgan fingerprint density at radius 3 is 2.75 bits per heavy atom. The molecule has 5 N–H and O–H groups in total. The standard InChI is InChI=1S/C19H17N7O2/c1-28-14-8-3-2-7-13(14)26-10-22-16-15(17(20)21)24-19(25-18(16)26)23-11-5-4-6-12(27)9-11/h2-10,27H,1H3,(H3,20,21)(H,23,24,25). The number of ether oxygens (including phenoxy) is 1. The number of nitrogens with one attached hydrogen (secondary N) is 2. The fraction of sp³-hybridized carbons (Fsp3) is 0.0526. The van der Waals surface area contributed by atoms with E-state index in [4.69, 9.17) is 15.9 Å². The van der Waals surface area contributed by atoms with Crippen LogP contribution in [0.1, 0.15) is 5.69 Å². The Morgan fingerprint density at radius 1 is 1.18 bits per heavy atom. The topological polar surface area (TPSA) is 135 Å². The zero-order valence-corrected chi connectivity index (χ0v) is 14.9. The predicted octanol–water partition coefficient (Wildman–Crippen LogP) is 2.56. The Hall–Kier alpha value is -4.14. The third kappa shape index (κ3) is 3.05. The van der Waals surface area contributed by atoms with Gasteiger partial charge < -0.3 is 20.9 Å². The molecule has 0 amide bonds. The number of phenols is 1. The molecular formula is C19H17N7O2. The zero-order valence-electron chi connectivity index (χ0n) is 14.9. The van der Waals surface area contributed by atoms with Gasteiger partial charge in [-0.3, -0.25) is 9.98 Å². The average molecular weight is 375 g/mol. The van der Waals surface area contributed by atoms with Gasteiger partial charge in [-0.2, -0.15) is 4.98 Å². The molecule has 0 radical (unpaired) electrons. The minimum Gasteiger partial charge on any atom is -0.508 e. The van der Waals surface area contributed by atoms with Crippen LogP contribution in [0.2, 0.25) is 0 Å². The van der Waals surface area contributed by atoms with Crippen molar-refractivity contribution in [3.63, 3.8) is 0 Å². The van der Waals surface area contributed by atoms with E-state index in [-0.39, 0.29) is 23.2 Å². The van der Waals surface area contributed by atoms with Crippen LogP contribution in [0, 0.1) is 5.41 Å². The number of benzene rings is 2. The number of nitrogen functional groups attached to an aromatic ring is 1. The van der Waals surface area contributed by atoms with E-state index in [2.05, 4.69) is 20.3 Å². The van der Waals surface area contributed by atoms with Gasteiger partial charge in [0.15, 0.2) is 5.65 Å². The molecule has 4 aromatic rings. The summed E-state index contributed by atoms with van der Waals surface area (Å²) in [7, 11) is 1.59.